The highest BCUT2D eigenvalue weighted by Crippen LogP contribution is 2.31. The number of amides is 2. The average molecular weight is 423 g/mol. The summed E-state index contributed by atoms with van der Waals surface area (Å²) >= 11 is 0. The number of aromatic nitrogens is 2. The Morgan fingerprint density at radius 2 is 2.03 bits per heavy atom. The van der Waals surface area contributed by atoms with Gasteiger partial charge in [0.15, 0.2) is 0 Å². The number of hydrogen-bond acceptors (Lipinski definition) is 4. The number of aryl methyl sites for hydroxylation is 1. The van der Waals surface area contributed by atoms with Crippen molar-refractivity contribution in [3.8, 4) is 5.75 Å². The lowest BCUT2D eigenvalue weighted by molar-refractivity contribution is -0.137. The lowest BCUT2D eigenvalue weighted by Gasteiger charge is -2.36. The molecular formula is C24H30N4O3. The molecule has 7 heteroatoms. The number of benzene rings is 1. The van der Waals surface area contributed by atoms with Crippen molar-refractivity contribution in [2.45, 2.75) is 25.8 Å². The summed E-state index contributed by atoms with van der Waals surface area (Å²) in [6, 6.07) is 7.89. The van der Waals surface area contributed by atoms with E-state index in [1.165, 1.54) is 0 Å². The first-order valence-electron chi connectivity index (χ1n) is 10.9. The number of methoxy groups -OCH3 is 1. The summed E-state index contributed by atoms with van der Waals surface area (Å²) in [5.74, 6) is 1.31. The van der Waals surface area contributed by atoms with Crippen LogP contribution < -0.4 is 4.74 Å². The number of carbonyl (C=O) groups is 2. The maximum absolute atomic E-state index is 13.4. The molecule has 0 N–H and O–H groups in total. The molecule has 0 spiro atoms. The van der Waals surface area contributed by atoms with Gasteiger partial charge in [-0.15, -0.1) is 0 Å². The Labute approximate surface area is 183 Å². The molecule has 0 bridgehead atoms. The van der Waals surface area contributed by atoms with Gasteiger partial charge in [0.1, 0.15) is 5.75 Å². The lowest BCUT2D eigenvalue weighted by Crippen LogP contribution is -2.44. The molecule has 0 radical (unpaired) electrons. The molecule has 2 aliphatic rings. The van der Waals surface area contributed by atoms with Crippen LogP contribution in [0.3, 0.4) is 0 Å². The van der Waals surface area contributed by atoms with Gasteiger partial charge in [0.25, 0.3) is 5.91 Å². The second-order valence-corrected chi connectivity index (χ2v) is 8.42. The molecule has 2 aromatic rings. The lowest BCUT2D eigenvalue weighted by atomic mass is 9.81. The van der Waals surface area contributed by atoms with E-state index in [4.69, 9.17) is 4.74 Å². The minimum Gasteiger partial charge on any atom is -0.497 e. The van der Waals surface area contributed by atoms with Crippen LogP contribution in [-0.4, -0.2) is 58.1 Å². The number of hydrogen-bond donors (Lipinski definition) is 0. The van der Waals surface area contributed by atoms with Gasteiger partial charge in [-0.05, 0) is 42.9 Å². The number of likely N-dealkylation sites (tertiary alicyclic amines) is 1. The van der Waals surface area contributed by atoms with Crippen molar-refractivity contribution in [1.82, 2.24) is 19.6 Å². The summed E-state index contributed by atoms with van der Waals surface area (Å²) < 4.78 is 6.97. The van der Waals surface area contributed by atoms with Crippen LogP contribution in [0.4, 0.5) is 0 Å². The van der Waals surface area contributed by atoms with Gasteiger partial charge >= 0.3 is 0 Å². The number of carbonyl (C=O) groups excluding carboxylic acids is 2. The molecule has 0 aliphatic carbocycles. The Hall–Kier alpha value is -3.09. The van der Waals surface area contributed by atoms with Crippen LogP contribution in [0.25, 0.3) is 0 Å². The van der Waals surface area contributed by atoms with Crippen molar-refractivity contribution in [3.63, 3.8) is 0 Å². The molecular weight excluding hydrogens is 392 g/mol. The third-order valence-corrected chi connectivity index (χ3v) is 6.37. The van der Waals surface area contributed by atoms with Gasteiger partial charge in [0, 0.05) is 45.3 Å². The minimum absolute atomic E-state index is 0.0262. The highest BCUT2D eigenvalue weighted by Gasteiger charge is 2.35. The van der Waals surface area contributed by atoms with Gasteiger partial charge in [0.2, 0.25) is 5.91 Å². The zero-order chi connectivity index (χ0) is 21.8. The van der Waals surface area contributed by atoms with Crippen LogP contribution in [0.5, 0.6) is 5.75 Å². The summed E-state index contributed by atoms with van der Waals surface area (Å²) in [6.45, 7) is 2.57. The van der Waals surface area contributed by atoms with Crippen molar-refractivity contribution in [2.75, 3.05) is 26.7 Å². The molecule has 4 rings (SSSR count). The average Bonchev–Trinajstić information content (AvgIpc) is 3.15. The molecule has 1 fully saturated rings. The molecule has 2 aliphatic heterocycles. The molecule has 3 heterocycles. The standard InChI is InChI=1S/C24H30N4O3/c1-26-17-20(15-25-26)23(29)27-12-9-19(10-13-27)22-8-3-4-11-28(24(22)30)16-18-6-5-7-21(14-18)31-2/h3-7,14-15,17,19,22H,8-13,16H2,1-2H3. The fourth-order valence-corrected chi connectivity index (χ4v) is 4.62. The van der Waals surface area contributed by atoms with Crippen molar-refractivity contribution in [1.29, 1.82) is 0 Å². The van der Waals surface area contributed by atoms with Crippen molar-refractivity contribution in [3.05, 3.63) is 59.9 Å². The Bertz CT molecular complexity index is 959. The number of piperidine rings is 1. The van der Waals surface area contributed by atoms with Gasteiger partial charge in [-0.2, -0.15) is 5.10 Å². The summed E-state index contributed by atoms with van der Waals surface area (Å²) in [6.07, 6.45) is 10.1. The second kappa shape index (κ2) is 9.37. The first-order chi connectivity index (χ1) is 15.0. The fraction of sp³-hybridized carbons (Fsp3) is 0.458. The number of rotatable bonds is 5. The summed E-state index contributed by atoms with van der Waals surface area (Å²) in [5, 5.41) is 4.10. The molecule has 0 saturated carbocycles. The van der Waals surface area contributed by atoms with E-state index in [2.05, 4.69) is 17.3 Å². The first-order valence-corrected chi connectivity index (χ1v) is 10.9. The summed E-state index contributed by atoms with van der Waals surface area (Å²) in [7, 11) is 3.46. The molecule has 1 unspecified atom stereocenters. The summed E-state index contributed by atoms with van der Waals surface area (Å²) in [5.41, 5.74) is 1.69. The highest BCUT2D eigenvalue weighted by atomic mass is 16.5. The smallest absolute Gasteiger partial charge is 0.257 e. The van der Waals surface area contributed by atoms with Crippen LogP contribution in [0.15, 0.2) is 48.8 Å². The number of ether oxygens (including phenoxy) is 1. The fourth-order valence-electron chi connectivity index (χ4n) is 4.62. The Kier molecular flexibility index (Phi) is 6.39. The van der Waals surface area contributed by atoms with Crippen molar-refractivity contribution < 1.29 is 14.3 Å². The van der Waals surface area contributed by atoms with E-state index in [1.54, 1.807) is 24.2 Å². The van der Waals surface area contributed by atoms with E-state index in [9.17, 15) is 9.59 Å². The quantitative estimate of drug-likeness (QED) is 0.695. The zero-order valence-corrected chi connectivity index (χ0v) is 18.2. The third-order valence-electron chi connectivity index (χ3n) is 6.37. The Morgan fingerprint density at radius 3 is 2.74 bits per heavy atom. The molecule has 1 atom stereocenters. The molecule has 7 nitrogen and oxygen atoms in total. The maximum Gasteiger partial charge on any atom is 0.257 e. The van der Waals surface area contributed by atoms with E-state index in [1.807, 2.05) is 41.1 Å². The molecule has 2 amide bonds. The van der Waals surface area contributed by atoms with Crippen LogP contribution in [0, 0.1) is 11.8 Å². The van der Waals surface area contributed by atoms with Crippen LogP contribution in [-0.2, 0) is 18.4 Å². The maximum atomic E-state index is 13.4. The molecule has 31 heavy (non-hydrogen) atoms. The second-order valence-electron chi connectivity index (χ2n) is 8.42. The monoisotopic (exact) mass is 422 g/mol. The normalized spacial score (nSPS) is 20.1. The first kappa shape index (κ1) is 21.2. The van der Waals surface area contributed by atoms with E-state index < -0.39 is 0 Å². The van der Waals surface area contributed by atoms with Crippen molar-refractivity contribution in [2.24, 2.45) is 18.9 Å². The highest BCUT2D eigenvalue weighted by molar-refractivity contribution is 5.93. The largest absolute Gasteiger partial charge is 0.497 e. The van der Waals surface area contributed by atoms with E-state index in [-0.39, 0.29) is 17.7 Å². The van der Waals surface area contributed by atoms with Crippen LogP contribution in [0.1, 0.15) is 35.2 Å². The van der Waals surface area contributed by atoms with Crippen molar-refractivity contribution >= 4 is 11.8 Å². The van der Waals surface area contributed by atoms with E-state index >= 15 is 0 Å². The molecule has 1 aromatic carbocycles. The zero-order valence-electron chi connectivity index (χ0n) is 18.2. The third kappa shape index (κ3) is 4.81. The Morgan fingerprint density at radius 1 is 1.23 bits per heavy atom. The van der Waals surface area contributed by atoms with Gasteiger partial charge in [0.05, 0.1) is 18.9 Å². The van der Waals surface area contributed by atoms with Crippen LogP contribution in [0.2, 0.25) is 0 Å². The molecule has 1 saturated heterocycles. The van der Waals surface area contributed by atoms with E-state index in [0.717, 1.165) is 30.6 Å². The molecule has 164 valence electrons. The predicted octanol–water partition coefficient (Wildman–Crippen LogP) is 2.89. The van der Waals surface area contributed by atoms with Gasteiger partial charge in [-0.1, -0.05) is 24.3 Å². The van der Waals surface area contributed by atoms with Gasteiger partial charge in [-0.25, -0.2) is 0 Å². The van der Waals surface area contributed by atoms with Crippen LogP contribution >= 0.6 is 0 Å². The van der Waals surface area contributed by atoms with Gasteiger partial charge < -0.3 is 14.5 Å². The van der Waals surface area contributed by atoms with Gasteiger partial charge in [-0.3, -0.25) is 14.3 Å². The number of nitrogens with zero attached hydrogens (tertiary/aromatic N) is 4. The summed E-state index contributed by atoms with van der Waals surface area (Å²) in [4.78, 5) is 29.9. The predicted molar refractivity (Wildman–Crippen MR) is 117 cm³/mol. The number of allylic oxidation sites excluding steroid dienone is 1. The van der Waals surface area contributed by atoms with E-state index in [0.29, 0.717) is 37.7 Å². The Balaban J connectivity index is 1.39. The molecule has 1 aromatic heterocycles. The SMILES string of the molecule is COc1cccc(CN2CC=CCC(C3CCN(C(=O)c4cnn(C)c4)CC3)C2=O)c1. The topological polar surface area (TPSA) is 67.7 Å². The minimum atomic E-state index is -0.0278.